The lowest BCUT2D eigenvalue weighted by Crippen LogP contribution is -2.11. The van der Waals surface area contributed by atoms with Crippen LogP contribution in [0, 0.1) is 20.8 Å². The van der Waals surface area contributed by atoms with Crippen LogP contribution >= 0.6 is 0 Å². The molecule has 0 saturated heterocycles. The van der Waals surface area contributed by atoms with Crippen molar-refractivity contribution in [1.29, 1.82) is 0 Å². The van der Waals surface area contributed by atoms with E-state index in [0.29, 0.717) is 24.2 Å². The molecule has 1 aromatic heterocycles. The topological polar surface area (TPSA) is 39.4 Å². The zero-order valence-electron chi connectivity index (χ0n) is 17.0. The predicted molar refractivity (Wildman–Crippen MR) is 117 cm³/mol. The molecule has 0 unspecified atom stereocenters. The molecule has 3 aromatic carbocycles. The van der Waals surface area contributed by atoms with Gasteiger partial charge in [0.25, 0.3) is 0 Å². The van der Waals surface area contributed by atoms with Crippen molar-refractivity contribution in [3.8, 4) is 5.75 Å². The zero-order valence-corrected chi connectivity index (χ0v) is 17.0. The van der Waals surface area contributed by atoms with Gasteiger partial charge in [-0.15, -0.1) is 0 Å². The first-order valence-corrected chi connectivity index (χ1v) is 9.81. The first-order chi connectivity index (χ1) is 14.0. The van der Waals surface area contributed by atoms with Crippen molar-refractivity contribution in [3.63, 3.8) is 0 Å². The van der Waals surface area contributed by atoms with Crippen LogP contribution in [0.5, 0.6) is 5.75 Å². The van der Waals surface area contributed by atoms with Crippen LogP contribution in [-0.4, -0.2) is 0 Å². The van der Waals surface area contributed by atoms with Gasteiger partial charge >= 0.3 is 5.63 Å². The molecule has 0 aliphatic rings. The molecule has 4 rings (SSSR count). The number of hydrogen-bond acceptors (Lipinski definition) is 3. The lowest BCUT2D eigenvalue weighted by atomic mass is 9.98. The maximum absolute atomic E-state index is 12.7. The van der Waals surface area contributed by atoms with Gasteiger partial charge < -0.3 is 9.15 Å². The predicted octanol–water partition coefficient (Wildman–Crippen LogP) is 5.89. The van der Waals surface area contributed by atoms with E-state index in [2.05, 4.69) is 19.1 Å². The van der Waals surface area contributed by atoms with Crippen LogP contribution in [0.25, 0.3) is 11.0 Å². The number of rotatable bonds is 5. The van der Waals surface area contributed by atoms with Gasteiger partial charge in [0, 0.05) is 22.9 Å². The van der Waals surface area contributed by atoms with Gasteiger partial charge in [-0.3, -0.25) is 0 Å². The fourth-order valence-electron chi connectivity index (χ4n) is 3.69. The van der Waals surface area contributed by atoms with E-state index in [1.54, 1.807) is 0 Å². The van der Waals surface area contributed by atoms with Gasteiger partial charge in [0.05, 0.1) is 0 Å². The number of hydrogen-bond donors (Lipinski definition) is 0. The summed E-state index contributed by atoms with van der Waals surface area (Å²) < 4.78 is 11.8. The Balaban J connectivity index is 1.68. The average molecular weight is 384 g/mol. The average Bonchev–Trinajstić information content (AvgIpc) is 2.72. The summed E-state index contributed by atoms with van der Waals surface area (Å²) >= 11 is 0. The Hall–Kier alpha value is -3.33. The fourth-order valence-corrected chi connectivity index (χ4v) is 3.69. The van der Waals surface area contributed by atoms with E-state index in [4.69, 9.17) is 9.15 Å². The third kappa shape index (κ3) is 3.95. The molecule has 0 N–H and O–H groups in total. The summed E-state index contributed by atoms with van der Waals surface area (Å²) in [5.41, 5.74) is 6.25. The SMILES string of the molecule is Cc1cccc(COc2ccc3c(C)c(Cc4ccccc4)c(=O)oc3c2C)c1. The van der Waals surface area contributed by atoms with E-state index in [1.165, 1.54) is 5.56 Å². The number of fused-ring (bicyclic) bond motifs is 1. The molecule has 0 bridgehead atoms. The van der Waals surface area contributed by atoms with Gasteiger partial charge in [-0.2, -0.15) is 0 Å². The molecular formula is C26H24O3. The first-order valence-electron chi connectivity index (χ1n) is 9.81. The van der Waals surface area contributed by atoms with Crippen molar-refractivity contribution >= 4 is 11.0 Å². The minimum Gasteiger partial charge on any atom is -0.488 e. The molecule has 0 fully saturated rings. The van der Waals surface area contributed by atoms with Crippen molar-refractivity contribution in [2.24, 2.45) is 0 Å². The van der Waals surface area contributed by atoms with Gasteiger partial charge in [0.1, 0.15) is 17.9 Å². The molecule has 29 heavy (non-hydrogen) atoms. The highest BCUT2D eigenvalue weighted by Gasteiger charge is 2.15. The van der Waals surface area contributed by atoms with Crippen LogP contribution in [0.15, 0.2) is 75.9 Å². The molecule has 0 aliphatic carbocycles. The van der Waals surface area contributed by atoms with Crippen molar-refractivity contribution < 1.29 is 9.15 Å². The number of aryl methyl sites for hydroxylation is 3. The summed E-state index contributed by atoms with van der Waals surface area (Å²) in [4.78, 5) is 12.7. The Morgan fingerprint density at radius 2 is 1.59 bits per heavy atom. The Kier molecular flexibility index (Phi) is 5.22. The minimum absolute atomic E-state index is 0.280. The van der Waals surface area contributed by atoms with Gasteiger partial charge in [0.15, 0.2) is 0 Å². The molecule has 0 aliphatic heterocycles. The summed E-state index contributed by atoms with van der Waals surface area (Å²) in [7, 11) is 0. The highest BCUT2D eigenvalue weighted by Crippen LogP contribution is 2.30. The van der Waals surface area contributed by atoms with Gasteiger partial charge in [0.2, 0.25) is 0 Å². The summed E-state index contributed by atoms with van der Waals surface area (Å²) in [6.45, 7) is 6.47. The fraction of sp³-hybridized carbons (Fsp3) is 0.192. The van der Waals surface area contributed by atoms with Crippen molar-refractivity contribution in [1.82, 2.24) is 0 Å². The summed E-state index contributed by atoms with van der Waals surface area (Å²) in [6, 6.07) is 22.2. The first kappa shape index (κ1) is 19.0. The monoisotopic (exact) mass is 384 g/mol. The van der Waals surface area contributed by atoms with Gasteiger partial charge in [-0.1, -0.05) is 60.2 Å². The molecule has 0 amide bonds. The normalized spacial score (nSPS) is 11.0. The molecule has 0 spiro atoms. The van der Waals surface area contributed by atoms with Crippen LogP contribution in [0.1, 0.15) is 33.4 Å². The smallest absolute Gasteiger partial charge is 0.340 e. The lowest BCUT2D eigenvalue weighted by molar-refractivity contribution is 0.304. The van der Waals surface area contributed by atoms with Gasteiger partial charge in [-0.25, -0.2) is 4.79 Å². The largest absolute Gasteiger partial charge is 0.488 e. The van der Waals surface area contributed by atoms with Crippen LogP contribution in [0.3, 0.4) is 0 Å². The van der Waals surface area contributed by atoms with Gasteiger partial charge in [-0.05, 0) is 49.6 Å². The second kappa shape index (κ2) is 7.96. The highest BCUT2D eigenvalue weighted by atomic mass is 16.5. The molecule has 0 radical (unpaired) electrons. The summed E-state index contributed by atoms with van der Waals surface area (Å²) in [6.07, 6.45) is 0.565. The third-order valence-electron chi connectivity index (χ3n) is 5.35. The second-order valence-electron chi connectivity index (χ2n) is 7.50. The van der Waals surface area contributed by atoms with E-state index < -0.39 is 0 Å². The lowest BCUT2D eigenvalue weighted by Gasteiger charge is -2.13. The molecule has 0 atom stereocenters. The van der Waals surface area contributed by atoms with Crippen LogP contribution < -0.4 is 10.4 Å². The highest BCUT2D eigenvalue weighted by molar-refractivity contribution is 5.85. The maximum Gasteiger partial charge on any atom is 0.340 e. The Bertz CT molecular complexity index is 1220. The van der Waals surface area contributed by atoms with E-state index in [0.717, 1.165) is 33.4 Å². The van der Waals surface area contributed by atoms with E-state index in [1.807, 2.05) is 68.4 Å². The Morgan fingerprint density at radius 3 is 2.34 bits per heavy atom. The van der Waals surface area contributed by atoms with E-state index in [-0.39, 0.29) is 5.63 Å². The van der Waals surface area contributed by atoms with Crippen molar-refractivity contribution in [2.75, 3.05) is 0 Å². The Morgan fingerprint density at radius 1 is 0.828 bits per heavy atom. The molecule has 146 valence electrons. The van der Waals surface area contributed by atoms with Crippen molar-refractivity contribution in [2.45, 2.75) is 33.8 Å². The van der Waals surface area contributed by atoms with Crippen molar-refractivity contribution in [3.05, 3.63) is 111 Å². The van der Waals surface area contributed by atoms with Crippen LogP contribution in [-0.2, 0) is 13.0 Å². The maximum atomic E-state index is 12.7. The minimum atomic E-state index is -0.280. The standard InChI is InChI=1S/C26H24O3/c1-17-8-7-11-21(14-17)16-28-24-13-12-22-18(2)23(15-20-9-5-4-6-10-20)26(27)29-25(22)19(24)3/h4-14H,15-16H2,1-3H3. The molecule has 0 saturated carbocycles. The summed E-state index contributed by atoms with van der Waals surface area (Å²) in [5.74, 6) is 0.734. The Labute approximate surface area is 170 Å². The molecule has 3 heteroatoms. The molecule has 1 heterocycles. The molecule has 3 nitrogen and oxygen atoms in total. The van der Waals surface area contributed by atoms with E-state index >= 15 is 0 Å². The number of benzene rings is 3. The number of ether oxygens (including phenoxy) is 1. The zero-order chi connectivity index (χ0) is 20.4. The van der Waals surface area contributed by atoms with Crippen LogP contribution in [0.2, 0.25) is 0 Å². The van der Waals surface area contributed by atoms with Crippen LogP contribution in [0.4, 0.5) is 0 Å². The molecular weight excluding hydrogens is 360 g/mol. The molecule has 4 aromatic rings. The summed E-state index contributed by atoms with van der Waals surface area (Å²) in [5, 5.41) is 0.955. The second-order valence-corrected chi connectivity index (χ2v) is 7.50. The van der Waals surface area contributed by atoms with E-state index in [9.17, 15) is 4.79 Å². The third-order valence-corrected chi connectivity index (χ3v) is 5.35. The quantitative estimate of drug-likeness (QED) is 0.403.